The summed E-state index contributed by atoms with van der Waals surface area (Å²) in [5.41, 5.74) is 2.97. The molecule has 0 aromatic heterocycles. The molecule has 0 saturated heterocycles. The molecule has 55 heavy (non-hydrogen) atoms. The van der Waals surface area contributed by atoms with Gasteiger partial charge in [-0.05, 0) is 66.0 Å². The third kappa shape index (κ3) is 13.3. The zero-order chi connectivity index (χ0) is 38.9. The number of hydrogen-bond donors (Lipinski definition) is 3. The molecule has 0 unspecified atom stereocenters. The zero-order valence-corrected chi connectivity index (χ0v) is 38.7. The molecule has 0 aliphatic heterocycles. The van der Waals surface area contributed by atoms with E-state index in [9.17, 15) is 56.3 Å². The minimum absolute atomic E-state index is 0. The van der Waals surface area contributed by atoms with Gasteiger partial charge in [0.1, 0.15) is 25.9 Å². The number of nitrogens with zero attached hydrogens (tertiary/aromatic N) is 4. The number of azo groups is 2. The maximum absolute atomic E-state index is 13.6. The molecule has 0 amide bonds. The predicted molar refractivity (Wildman–Crippen MR) is 174 cm³/mol. The summed E-state index contributed by atoms with van der Waals surface area (Å²) < 4.78 is 156. The van der Waals surface area contributed by atoms with Crippen LogP contribution in [0.5, 0.6) is 5.75 Å². The van der Waals surface area contributed by atoms with Gasteiger partial charge < -0.3 is 25.1 Å². The molecule has 4 aromatic carbocycles. The van der Waals surface area contributed by atoms with Gasteiger partial charge in [-0.3, -0.25) is 4.55 Å². The monoisotopic (exact) mass is 889 g/mol. The number of hydrogen-bond acceptors (Lipinski definition) is 20. The normalized spacial score (nSPS) is 12.7. The molecule has 29 heteroatoms. The van der Waals surface area contributed by atoms with Gasteiger partial charge in [0.2, 0.25) is 0 Å². The number of aliphatic hydroxyl groups excluding tert-OH is 1. The Labute approximate surface area is 380 Å². The van der Waals surface area contributed by atoms with Gasteiger partial charge in [-0.1, -0.05) is 5.75 Å². The molecule has 4 aromatic rings. The van der Waals surface area contributed by atoms with Crippen molar-refractivity contribution >= 4 is 89.5 Å². The first kappa shape index (κ1) is 51.5. The molecule has 0 aliphatic carbocycles. The fraction of sp³-hybridized carbons (Fsp3) is 0.154. The van der Waals surface area contributed by atoms with Crippen molar-refractivity contribution in [2.75, 3.05) is 30.5 Å². The first-order valence-electron chi connectivity index (χ1n) is 13.7. The molecule has 4 rings (SSSR count). The van der Waals surface area contributed by atoms with Crippen molar-refractivity contribution in [3.8, 4) is 5.75 Å². The Morgan fingerprint density at radius 2 is 1.04 bits per heavy atom. The van der Waals surface area contributed by atoms with Crippen LogP contribution < -0.4 is 99.5 Å². The van der Waals surface area contributed by atoms with Gasteiger partial charge in [0.15, 0.2) is 19.7 Å². The number of benzene rings is 4. The van der Waals surface area contributed by atoms with Gasteiger partial charge in [0.25, 0.3) is 0 Å². The summed E-state index contributed by atoms with van der Waals surface area (Å²) in [5.74, 6) is -2.83. The van der Waals surface area contributed by atoms with Crippen molar-refractivity contribution in [1.29, 1.82) is 0 Å². The fourth-order valence-electron chi connectivity index (χ4n) is 4.34. The van der Waals surface area contributed by atoms with Gasteiger partial charge in [0.05, 0.1) is 67.1 Å². The van der Waals surface area contributed by atoms with Crippen LogP contribution in [0.25, 0.3) is 10.8 Å². The molecule has 0 spiro atoms. The van der Waals surface area contributed by atoms with Gasteiger partial charge in [-0.2, -0.15) is 18.6 Å². The number of nitrogen functional groups attached to an aromatic ring is 1. The number of fused-ring (bicyclic) bond motifs is 1. The second-order valence-corrected chi connectivity index (χ2v) is 18.2. The maximum atomic E-state index is 13.6. The largest absolute Gasteiger partial charge is 1.00 e. The average Bonchev–Trinajstić information content (AvgIpc) is 3.02. The molecule has 0 heterocycles. The minimum Gasteiger partial charge on any atom is -0.870 e. The standard InChI is InChI=1S/C26H25N5O16S5.3Na/c27-23-22-15(13-20(50(38,39)40)24(23)30-28-16-1-5-18(6-2-16)48(34,35)11-9-32)14-21(51(41,42)43)25(26(22)33)31-29-17-3-7-19(8-4-17)49(36,37)12-10-47-52(44,45)46;;;/h1-8,13-14,32-33H,9-12,27H2,(H,38,39,40)(H,41,42,43)(H,44,45,46);;;/q;3*+1/p-3. The van der Waals surface area contributed by atoms with E-state index in [-0.39, 0.29) is 110 Å². The van der Waals surface area contributed by atoms with E-state index in [1.54, 1.807) is 0 Å². The summed E-state index contributed by atoms with van der Waals surface area (Å²) in [6.07, 6.45) is 0. The van der Waals surface area contributed by atoms with Crippen molar-refractivity contribution in [2.24, 2.45) is 20.5 Å². The van der Waals surface area contributed by atoms with Gasteiger partial charge in [-0.15, -0.1) is 10.2 Å². The zero-order valence-electron chi connectivity index (χ0n) is 28.6. The second kappa shape index (κ2) is 20.0. The van der Waals surface area contributed by atoms with Crippen molar-refractivity contribution in [3.63, 3.8) is 0 Å². The fourth-order valence-corrected chi connectivity index (χ4v) is 8.15. The first-order chi connectivity index (χ1) is 23.9. The van der Waals surface area contributed by atoms with E-state index in [0.717, 1.165) is 48.5 Å². The Morgan fingerprint density at radius 1 is 0.636 bits per heavy atom. The maximum Gasteiger partial charge on any atom is 1.00 e. The van der Waals surface area contributed by atoms with E-state index in [0.29, 0.717) is 12.1 Å². The van der Waals surface area contributed by atoms with Crippen LogP contribution in [0.3, 0.4) is 0 Å². The number of sulfone groups is 2. The Bertz CT molecular complexity index is 2680. The Balaban J connectivity index is 0.00000504. The summed E-state index contributed by atoms with van der Waals surface area (Å²) in [6, 6.07) is 9.54. The van der Waals surface area contributed by atoms with E-state index < -0.39 is 118 Å². The van der Waals surface area contributed by atoms with Crippen molar-refractivity contribution in [3.05, 3.63) is 60.7 Å². The number of aliphatic hydroxyl groups is 1. The molecular formula is C26H22N5Na3O16S5. The molecule has 0 aliphatic rings. The average molecular weight is 890 g/mol. The van der Waals surface area contributed by atoms with Crippen LogP contribution in [0.4, 0.5) is 28.4 Å². The summed E-state index contributed by atoms with van der Waals surface area (Å²) in [5, 5.41) is 35.9. The molecule has 0 fully saturated rings. The van der Waals surface area contributed by atoms with Gasteiger partial charge in [-0.25, -0.2) is 37.9 Å². The molecule has 280 valence electrons. The van der Waals surface area contributed by atoms with E-state index in [1.165, 1.54) is 0 Å². The van der Waals surface area contributed by atoms with Crippen LogP contribution in [0.1, 0.15) is 0 Å². The first-order valence-corrected chi connectivity index (χ1v) is 21.2. The van der Waals surface area contributed by atoms with Crippen LogP contribution in [-0.4, -0.2) is 85.6 Å². The minimum atomic E-state index is -5.56. The summed E-state index contributed by atoms with van der Waals surface area (Å²) in [4.78, 5) is -3.04. The number of rotatable bonds is 14. The van der Waals surface area contributed by atoms with Crippen LogP contribution in [-0.2, 0) is 54.5 Å². The summed E-state index contributed by atoms with van der Waals surface area (Å²) in [7, 11) is -23.9. The molecule has 4 N–H and O–H groups in total. The Kier molecular flexibility index (Phi) is 18.7. The summed E-state index contributed by atoms with van der Waals surface area (Å²) in [6.45, 7) is -1.56. The van der Waals surface area contributed by atoms with E-state index in [2.05, 4.69) is 24.6 Å². The molecule has 21 nitrogen and oxygen atoms in total. The van der Waals surface area contributed by atoms with E-state index in [1.807, 2.05) is 0 Å². The van der Waals surface area contributed by atoms with Crippen LogP contribution in [0.2, 0.25) is 0 Å². The van der Waals surface area contributed by atoms with Gasteiger partial charge in [0, 0.05) is 5.39 Å². The van der Waals surface area contributed by atoms with E-state index >= 15 is 0 Å². The smallest absolute Gasteiger partial charge is 0.870 e. The number of nitrogens with two attached hydrogens (primary N) is 1. The third-order valence-corrected chi connectivity index (χ3v) is 12.3. The van der Waals surface area contributed by atoms with Crippen LogP contribution in [0.15, 0.2) is 101 Å². The van der Waals surface area contributed by atoms with Gasteiger partial charge >= 0.3 is 99.1 Å². The quantitative estimate of drug-likeness (QED) is 0.0458. The second-order valence-electron chi connectivity index (χ2n) is 10.2. The predicted octanol–water partition coefficient (Wildman–Crippen LogP) is -7.49. The molecular weight excluding hydrogens is 868 g/mol. The topological polar surface area (TPSA) is 365 Å². The molecule has 0 bridgehead atoms. The number of anilines is 1. The SMILES string of the molecule is Nc1c(N=Nc2ccc(S(=O)(=O)CCO)cc2)c(S(=O)(=O)[O-])cc2cc(S(=O)(=O)[O-])c(N=Nc3ccc(S(=O)(=O)CCOS(=O)(=O)O)cc3)c([O-])c12.[Na+].[Na+].[Na+]. The van der Waals surface area contributed by atoms with Crippen molar-refractivity contribution < 1.29 is 159 Å². The van der Waals surface area contributed by atoms with Crippen LogP contribution in [0, 0.1) is 0 Å². The molecule has 0 radical (unpaired) electrons. The van der Waals surface area contributed by atoms with Crippen molar-refractivity contribution in [1.82, 2.24) is 0 Å². The van der Waals surface area contributed by atoms with Crippen LogP contribution >= 0.6 is 0 Å². The summed E-state index contributed by atoms with van der Waals surface area (Å²) >= 11 is 0. The van der Waals surface area contributed by atoms with Crippen molar-refractivity contribution in [2.45, 2.75) is 19.6 Å². The third-order valence-electron chi connectivity index (χ3n) is 6.70. The van der Waals surface area contributed by atoms with E-state index in [4.69, 9.17) is 15.4 Å². The molecule has 0 saturated carbocycles. The molecule has 0 atom stereocenters. The Hall–Kier alpha value is -1.51. The Morgan fingerprint density at radius 3 is 1.44 bits per heavy atom.